The van der Waals surface area contributed by atoms with Gasteiger partial charge >= 0.3 is 5.97 Å². The zero-order valence-corrected chi connectivity index (χ0v) is 14.8. The topological polar surface area (TPSA) is 77.2 Å². The first-order valence-corrected chi connectivity index (χ1v) is 8.33. The van der Waals surface area contributed by atoms with Crippen LogP contribution in [0.5, 0.6) is 0 Å². The second kappa shape index (κ2) is 7.49. The number of fused-ring (bicyclic) bond motifs is 1. The Morgan fingerprint density at radius 1 is 1.35 bits per heavy atom. The van der Waals surface area contributed by atoms with E-state index in [0.29, 0.717) is 6.54 Å². The third-order valence-electron chi connectivity index (χ3n) is 4.10. The molecule has 2 heterocycles. The maximum atomic E-state index is 11.1. The lowest BCUT2D eigenvalue weighted by molar-refractivity contribution is -0.162. The second-order valence-corrected chi connectivity index (χ2v) is 6.51. The maximum absolute atomic E-state index is 11.1. The second-order valence-electron chi connectivity index (χ2n) is 6.51. The molecule has 2 aromatic heterocycles. The molecule has 0 saturated carbocycles. The Morgan fingerprint density at radius 3 is 3.00 bits per heavy atom. The van der Waals surface area contributed by atoms with Crippen molar-refractivity contribution in [3.8, 4) is 0 Å². The third kappa shape index (κ3) is 4.15. The molecule has 134 valence electrons. The minimum absolute atomic E-state index is 0.250. The summed E-state index contributed by atoms with van der Waals surface area (Å²) < 4.78 is 7.55. The van der Waals surface area contributed by atoms with E-state index in [1.165, 1.54) is 0 Å². The number of ether oxygens (including phenoxy) is 1. The van der Waals surface area contributed by atoms with Gasteiger partial charge in [-0.25, -0.2) is 9.78 Å². The van der Waals surface area contributed by atoms with Crippen LogP contribution in [0.25, 0.3) is 17.1 Å². The summed E-state index contributed by atoms with van der Waals surface area (Å²) in [4.78, 5) is 19.5. The molecule has 26 heavy (non-hydrogen) atoms. The lowest BCUT2D eigenvalue weighted by atomic mass is 10.1. The number of hydrogen-bond acceptors (Lipinski definition) is 4. The molecule has 0 amide bonds. The van der Waals surface area contributed by atoms with E-state index in [1.54, 1.807) is 32.6 Å². The van der Waals surface area contributed by atoms with Gasteiger partial charge in [0.25, 0.3) is 0 Å². The van der Waals surface area contributed by atoms with Gasteiger partial charge in [0, 0.05) is 12.7 Å². The van der Waals surface area contributed by atoms with E-state index < -0.39 is 11.6 Å². The van der Waals surface area contributed by atoms with Gasteiger partial charge < -0.3 is 14.4 Å². The molecular weight excluding hydrogens is 330 g/mol. The molecule has 0 aliphatic carbocycles. The smallest absolute Gasteiger partial charge is 0.335 e. The molecule has 0 radical (unpaired) electrons. The van der Waals surface area contributed by atoms with Crippen LogP contribution in [0.4, 0.5) is 0 Å². The molecule has 6 heteroatoms. The predicted octanol–water partition coefficient (Wildman–Crippen LogP) is 3.52. The number of pyridine rings is 1. The van der Waals surface area contributed by atoms with Crippen molar-refractivity contribution in [3.63, 3.8) is 0 Å². The van der Waals surface area contributed by atoms with Crippen LogP contribution in [0.1, 0.15) is 25.0 Å². The Balaban J connectivity index is 1.65. The van der Waals surface area contributed by atoms with Crippen LogP contribution in [0.3, 0.4) is 0 Å². The van der Waals surface area contributed by atoms with Gasteiger partial charge in [0.1, 0.15) is 5.52 Å². The average Bonchev–Trinajstić information content (AvgIpc) is 3.04. The van der Waals surface area contributed by atoms with Crippen molar-refractivity contribution in [1.29, 1.82) is 0 Å². The maximum Gasteiger partial charge on any atom is 0.335 e. The number of nitrogens with zero attached hydrogens (tertiary/aromatic N) is 3. The van der Waals surface area contributed by atoms with Crippen molar-refractivity contribution in [1.82, 2.24) is 14.5 Å². The molecule has 0 spiro atoms. The summed E-state index contributed by atoms with van der Waals surface area (Å²) in [6, 6.07) is 9.79. The summed E-state index contributed by atoms with van der Waals surface area (Å²) in [5, 5.41) is 9.11. The van der Waals surface area contributed by atoms with Gasteiger partial charge in [-0.3, -0.25) is 4.98 Å². The van der Waals surface area contributed by atoms with E-state index in [4.69, 9.17) is 9.84 Å². The Hall–Kier alpha value is -2.99. The Kier molecular flexibility index (Phi) is 5.14. The van der Waals surface area contributed by atoms with Crippen LogP contribution >= 0.6 is 0 Å². The van der Waals surface area contributed by atoms with Crippen molar-refractivity contribution in [2.75, 3.05) is 0 Å². The fourth-order valence-corrected chi connectivity index (χ4v) is 2.48. The van der Waals surface area contributed by atoms with Crippen LogP contribution in [-0.4, -0.2) is 31.2 Å². The molecule has 6 nitrogen and oxygen atoms in total. The lowest BCUT2D eigenvalue weighted by Gasteiger charge is -2.20. The summed E-state index contributed by atoms with van der Waals surface area (Å²) in [6.07, 6.45) is 9.39. The number of aromatic nitrogens is 3. The molecule has 3 rings (SSSR count). The number of imidazole rings is 1. The van der Waals surface area contributed by atoms with E-state index in [-0.39, 0.29) is 6.61 Å². The number of hydrogen-bond donors (Lipinski definition) is 1. The highest BCUT2D eigenvalue weighted by molar-refractivity contribution is 5.76. The van der Waals surface area contributed by atoms with Crippen LogP contribution in [0, 0.1) is 0 Å². The van der Waals surface area contributed by atoms with Gasteiger partial charge in [-0.1, -0.05) is 30.4 Å². The predicted molar refractivity (Wildman–Crippen MR) is 99.5 cm³/mol. The Labute approximate surface area is 151 Å². The molecule has 1 N–H and O–H groups in total. The van der Waals surface area contributed by atoms with Gasteiger partial charge in [0.05, 0.1) is 24.6 Å². The highest BCUT2D eigenvalue weighted by Crippen LogP contribution is 2.15. The fraction of sp³-hybridized carbons (Fsp3) is 0.250. The minimum atomic E-state index is -1.21. The van der Waals surface area contributed by atoms with Gasteiger partial charge in [0.15, 0.2) is 5.60 Å². The molecule has 3 aromatic rings. The van der Waals surface area contributed by atoms with Gasteiger partial charge in [-0.05, 0) is 37.1 Å². The first-order chi connectivity index (χ1) is 12.5. The molecule has 0 unspecified atom stereocenters. The number of carbonyl (C=O) groups is 1. The standard InChI is InChI=1S/C20H21N3O3/c1-20(2,19(24)25)26-13-16-6-3-5-15(11-16)7-4-10-23-14-22-17-12-21-9-8-18(17)23/h3-9,11-12,14H,10,13H2,1-2H3,(H,24,25)/b7-4+. The van der Waals surface area contributed by atoms with Crippen molar-refractivity contribution in [2.45, 2.75) is 32.6 Å². The minimum Gasteiger partial charge on any atom is -0.479 e. The van der Waals surface area contributed by atoms with Crippen molar-refractivity contribution in [3.05, 3.63) is 66.3 Å². The molecule has 0 aliphatic heterocycles. The highest BCUT2D eigenvalue weighted by Gasteiger charge is 2.27. The fourth-order valence-electron chi connectivity index (χ4n) is 2.48. The van der Waals surface area contributed by atoms with E-state index in [2.05, 4.69) is 20.6 Å². The molecule has 1 aromatic carbocycles. The van der Waals surface area contributed by atoms with E-state index in [0.717, 1.165) is 22.2 Å². The SMILES string of the molecule is CC(C)(OCc1cccc(/C=C/Cn2cnc3cnccc32)c1)C(=O)O. The quantitative estimate of drug-likeness (QED) is 0.705. The van der Waals surface area contributed by atoms with Crippen molar-refractivity contribution >= 4 is 23.1 Å². The molecule has 0 atom stereocenters. The van der Waals surface area contributed by atoms with Gasteiger partial charge in [-0.2, -0.15) is 0 Å². The summed E-state index contributed by atoms with van der Waals surface area (Å²) in [5.74, 6) is -0.976. The van der Waals surface area contributed by atoms with Crippen molar-refractivity contribution in [2.24, 2.45) is 0 Å². The summed E-state index contributed by atoms with van der Waals surface area (Å²) >= 11 is 0. The monoisotopic (exact) mass is 351 g/mol. The number of rotatable bonds is 7. The van der Waals surface area contributed by atoms with E-state index >= 15 is 0 Å². The summed E-state index contributed by atoms with van der Waals surface area (Å²) in [6.45, 7) is 4.04. The third-order valence-corrected chi connectivity index (χ3v) is 4.10. The largest absolute Gasteiger partial charge is 0.479 e. The van der Waals surface area contributed by atoms with Crippen LogP contribution in [-0.2, 0) is 22.7 Å². The first-order valence-electron chi connectivity index (χ1n) is 8.33. The molecule has 0 aliphatic rings. The van der Waals surface area contributed by atoms with Gasteiger partial charge in [0.2, 0.25) is 0 Å². The van der Waals surface area contributed by atoms with Crippen LogP contribution < -0.4 is 0 Å². The Bertz CT molecular complexity index is 944. The Morgan fingerprint density at radius 2 is 2.19 bits per heavy atom. The van der Waals surface area contributed by atoms with Crippen molar-refractivity contribution < 1.29 is 14.6 Å². The normalized spacial score (nSPS) is 12.1. The van der Waals surface area contributed by atoms with Crippen LogP contribution in [0.2, 0.25) is 0 Å². The number of allylic oxidation sites excluding steroid dienone is 1. The molecule has 0 bridgehead atoms. The van der Waals surface area contributed by atoms with E-state index in [9.17, 15) is 4.79 Å². The number of carboxylic acid groups (broad SMARTS) is 1. The summed E-state index contributed by atoms with van der Waals surface area (Å²) in [5.41, 5.74) is 2.68. The molecular formula is C20H21N3O3. The summed E-state index contributed by atoms with van der Waals surface area (Å²) in [7, 11) is 0. The lowest BCUT2D eigenvalue weighted by Crippen LogP contribution is -2.34. The van der Waals surface area contributed by atoms with Crippen LogP contribution in [0.15, 0.2) is 55.1 Å². The van der Waals surface area contributed by atoms with E-state index in [1.807, 2.05) is 36.4 Å². The number of benzene rings is 1. The molecule has 0 fully saturated rings. The molecule has 0 saturated heterocycles. The number of carboxylic acids is 1. The van der Waals surface area contributed by atoms with Gasteiger partial charge in [-0.15, -0.1) is 0 Å². The zero-order valence-electron chi connectivity index (χ0n) is 14.8. The number of aliphatic carboxylic acids is 1. The average molecular weight is 351 g/mol. The zero-order chi connectivity index (χ0) is 18.6. The highest BCUT2D eigenvalue weighted by atomic mass is 16.5. The first kappa shape index (κ1) is 17.8.